The molecule has 44 heavy (non-hydrogen) atoms. The van der Waals surface area contributed by atoms with Gasteiger partial charge < -0.3 is 19.4 Å². The maximum absolute atomic E-state index is 13.7. The van der Waals surface area contributed by atoms with Crippen LogP contribution in [0.4, 0.5) is 11.5 Å². The van der Waals surface area contributed by atoms with Crippen LogP contribution < -0.4 is 9.80 Å². The summed E-state index contributed by atoms with van der Waals surface area (Å²) in [5.41, 5.74) is 4.52. The minimum absolute atomic E-state index is 0.0124. The number of aryl methyl sites for hydroxylation is 1. The molecule has 1 aromatic carbocycles. The van der Waals surface area contributed by atoms with E-state index in [0.717, 1.165) is 68.2 Å². The van der Waals surface area contributed by atoms with Crippen molar-refractivity contribution in [2.45, 2.75) is 39.0 Å². The molecular weight excluding hydrogens is 554 g/mol. The minimum atomic E-state index is -0.442. The van der Waals surface area contributed by atoms with Gasteiger partial charge in [-0.25, -0.2) is 19.3 Å². The maximum atomic E-state index is 13.7. The molecule has 3 fully saturated rings. The highest BCUT2D eigenvalue weighted by Crippen LogP contribution is 2.41. The smallest absolute Gasteiger partial charge is 0.356 e. The Morgan fingerprint density at radius 2 is 1.77 bits per heavy atom. The topological polar surface area (TPSA) is 96.2 Å². The third-order valence-corrected chi connectivity index (χ3v) is 9.96. The zero-order valence-electron chi connectivity index (χ0n) is 25.6. The van der Waals surface area contributed by atoms with Crippen LogP contribution in [0.5, 0.6) is 0 Å². The zero-order valence-corrected chi connectivity index (χ0v) is 25.6. The van der Waals surface area contributed by atoms with Crippen LogP contribution in [-0.4, -0.2) is 82.7 Å². The number of pyridine rings is 2. The van der Waals surface area contributed by atoms with Crippen molar-refractivity contribution >= 4 is 29.0 Å². The molecule has 0 N–H and O–H groups in total. The average Bonchev–Trinajstić information content (AvgIpc) is 3.80. The molecule has 3 aliphatic rings. The van der Waals surface area contributed by atoms with Gasteiger partial charge in [-0.05, 0) is 61.4 Å². The molecule has 1 unspecified atom stereocenters. The van der Waals surface area contributed by atoms with Crippen LogP contribution in [0.15, 0.2) is 60.8 Å². The van der Waals surface area contributed by atoms with Gasteiger partial charge in [0.15, 0.2) is 11.3 Å². The summed E-state index contributed by atoms with van der Waals surface area (Å²) in [5, 5.41) is 4.70. The van der Waals surface area contributed by atoms with Gasteiger partial charge in [0.1, 0.15) is 5.82 Å². The number of rotatable bonds is 5. The van der Waals surface area contributed by atoms with Crippen molar-refractivity contribution < 1.29 is 14.3 Å². The highest BCUT2D eigenvalue weighted by molar-refractivity contribution is 5.91. The molecule has 10 nitrogen and oxygen atoms in total. The number of hydrogen-bond donors (Lipinski definition) is 0. The van der Waals surface area contributed by atoms with E-state index in [1.165, 1.54) is 12.7 Å². The molecule has 228 valence electrons. The number of piperidine rings is 1. The number of hydrogen-bond acceptors (Lipinski definition) is 8. The fraction of sp³-hybridized carbons (Fsp3) is 0.441. The van der Waals surface area contributed by atoms with Crippen molar-refractivity contribution in [2.24, 2.45) is 11.3 Å². The normalized spacial score (nSPS) is 23.6. The van der Waals surface area contributed by atoms with E-state index in [2.05, 4.69) is 58.1 Å². The quantitative estimate of drug-likeness (QED) is 0.310. The Kier molecular flexibility index (Phi) is 7.22. The van der Waals surface area contributed by atoms with E-state index in [-0.39, 0.29) is 17.1 Å². The van der Waals surface area contributed by atoms with Gasteiger partial charge in [-0.2, -0.15) is 0 Å². The standard InChI is InChI=1S/C34H39N7O3/c1-23-12-15-38(20-27(23)25-8-5-4-6-9-25)26-18-24(2)31-36-30(37-41(31)19-26)32(42)40-17-14-34(22-40)13-16-39(21-34)29-11-7-10-28(35-29)33(43)44-3/h4-11,18-19,23,27H,12-17,20-22H2,1-3H3/t23?,27-,34+/m0/s1. The van der Waals surface area contributed by atoms with Crippen LogP contribution in [0.2, 0.25) is 0 Å². The first-order chi connectivity index (χ1) is 21.3. The Morgan fingerprint density at radius 3 is 2.59 bits per heavy atom. The van der Waals surface area contributed by atoms with Crippen LogP contribution in [0.1, 0.15) is 64.3 Å². The maximum Gasteiger partial charge on any atom is 0.356 e. The fourth-order valence-corrected chi connectivity index (χ4v) is 7.36. The predicted octanol–water partition coefficient (Wildman–Crippen LogP) is 4.59. The van der Waals surface area contributed by atoms with Gasteiger partial charge in [0.05, 0.1) is 19.0 Å². The Hall–Kier alpha value is -4.47. The van der Waals surface area contributed by atoms with E-state index in [1.807, 2.05) is 30.2 Å². The van der Waals surface area contributed by atoms with Gasteiger partial charge in [0, 0.05) is 50.6 Å². The number of benzene rings is 1. The summed E-state index contributed by atoms with van der Waals surface area (Å²) in [6.45, 7) is 9.29. The lowest BCUT2D eigenvalue weighted by Crippen LogP contribution is -2.38. The van der Waals surface area contributed by atoms with Gasteiger partial charge in [-0.3, -0.25) is 4.79 Å². The number of nitrogens with zero attached hydrogens (tertiary/aromatic N) is 7. The molecule has 3 atom stereocenters. The molecule has 0 radical (unpaired) electrons. The van der Waals surface area contributed by atoms with Gasteiger partial charge >= 0.3 is 5.97 Å². The number of likely N-dealkylation sites (tertiary alicyclic amines) is 1. The second kappa shape index (κ2) is 11.2. The number of amides is 1. The summed E-state index contributed by atoms with van der Waals surface area (Å²) in [4.78, 5) is 41.5. The van der Waals surface area contributed by atoms with E-state index < -0.39 is 5.97 Å². The molecule has 1 amide bonds. The van der Waals surface area contributed by atoms with Gasteiger partial charge in [-0.1, -0.05) is 43.3 Å². The van der Waals surface area contributed by atoms with Crippen molar-refractivity contribution in [3.05, 3.63) is 83.4 Å². The molecule has 6 heterocycles. The second-order valence-electron chi connectivity index (χ2n) is 12.8. The Balaban J connectivity index is 1.05. The van der Waals surface area contributed by atoms with E-state index in [4.69, 9.17) is 14.8 Å². The van der Waals surface area contributed by atoms with Crippen LogP contribution in [0.25, 0.3) is 5.65 Å². The number of ether oxygens (including phenoxy) is 1. The third kappa shape index (κ3) is 5.16. The van der Waals surface area contributed by atoms with Crippen molar-refractivity contribution in [1.29, 1.82) is 0 Å². The Morgan fingerprint density at radius 1 is 0.955 bits per heavy atom. The SMILES string of the molecule is COC(=O)c1cccc(N2CC[C@@]3(CCN(C(=O)c4nc5c(C)cc(N6CCC(C)[C@@H](c7ccccc7)C6)cn5n4)C3)C2)n1. The highest BCUT2D eigenvalue weighted by Gasteiger charge is 2.46. The summed E-state index contributed by atoms with van der Waals surface area (Å²) in [7, 11) is 1.36. The summed E-state index contributed by atoms with van der Waals surface area (Å²) in [6.07, 6.45) is 5.03. The molecule has 7 rings (SSSR count). The molecule has 10 heteroatoms. The molecule has 0 saturated carbocycles. The van der Waals surface area contributed by atoms with Crippen molar-refractivity contribution in [1.82, 2.24) is 24.5 Å². The van der Waals surface area contributed by atoms with Crippen LogP contribution in [-0.2, 0) is 4.74 Å². The van der Waals surface area contributed by atoms with Gasteiger partial charge in [-0.15, -0.1) is 5.10 Å². The van der Waals surface area contributed by atoms with Crippen LogP contribution in [0, 0.1) is 18.3 Å². The summed E-state index contributed by atoms with van der Waals surface area (Å²) in [6, 6.07) is 18.4. The summed E-state index contributed by atoms with van der Waals surface area (Å²) in [5.74, 6) is 1.54. The first kappa shape index (κ1) is 28.3. The minimum Gasteiger partial charge on any atom is -0.464 e. The molecule has 1 spiro atoms. The number of fused-ring (bicyclic) bond motifs is 1. The molecule has 3 saturated heterocycles. The molecule has 3 aliphatic heterocycles. The zero-order chi connectivity index (χ0) is 30.4. The second-order valence-corrected chi connectivity index (χ2v) is 12.8. The van der Waals surface area contributed by atoms with Gasteiger partial charge in [0.2, 0.25) is 5.82 Å². The molecule has 0 aliphatic carbocycles. The lowest BCUT2D eigenvalue weighted by atomic mass is 9.82. The third-order valence-electron chi connectivity index (χ3n) is 9.96. The highest BCUT2D eigenvalue weighted by atomic mass is 16.5. The lowest BCUT2D eigenvalue weighted by molar-refractivity contribution is 0.0593. The number of aromatic nitrogens is 4. The largest absolute Gasteiger partial charge is 0.464 e. The number of esters is 1. The molecule has 4 aromatic rings. The van der Waals surface area contributed by atoms with E-state index in [0.29, 0.717) is 30.6 Å². The predicted molar refractivity (Wildman–Crippen MR) is 168 cm³/mol. The monoisotopic (exact) mass is 593 g/mol. The lowest BCUT2D eigenvalue weighted by Gasteiger charge is -2.38. The number of anilines is 2. The number of carbonyl (C=O) groups is 2. The van der Waals surface area contributed by atoms with E-state index >= 15 is 0 Å². The first-order valence-corrected chi connectivity index (χ1v) is 15.6. The van der Waals surface area contributed by atoms with E-state index in [9.17, 15) is 9.59 Å². The number of carbonyl (C=O) groups excluding carboxylic acids is 2. The summed E-state index contributed by atoms with van der Waals surface area (Å²) >= 11 is 0. The average molecular weight is 594 g/mol. The van der Waals surface area contributed by atoms with Crippen LogP contribution in [0.3, 0.4) is 0 Å². The number of methoxy groups -OCH3 is 1. The fourth-order valence-electron chi connectivity index (χ4n) is 7.36. The van der Waals surface area contributed by atoms with Crippen molar-refractivity contribution in [3.8, 4) is 0 Å². The van der Waals surface area contributed by atoms with Crippen molar-refractivity contribution in [3.63, 3.8) is 0 Å². The van der Waals surface area contributed by atoms with Crippen molar-refractivity contribution in [2.75, 3.05) is 56.2 Å². The first-order valence-electron chi connectivity index (χ1n) is 15.6. The van der Waals surface area contributed by atoms with Gasteiger partial charge in [0.25, 0.3) is 5.91 Å². The van der Waals surface area contributed by atoms with E-state index in [1.54, 1.807) is 10.6 Å². The Labute approximate surface area is 257 Å². The van der Waals surface area contributed by atoms with Crippen LogP contribution >= 0.6 is 0 Å². The summed E-state index contributed by atoms with van der Waals surface area (Å²) < 4.78 is 6.63. The molecule has 0 bridgehead atoms. The molecule has 3 aromatic heterocycles. The molecular formula is C34H39N7O3. The Bertz CT molecular complexity index is 1710.